The molecule has 0 spiro atoms. The molecule has 0 aromatic rings. The third-order valence-corrected chi connectivity index (χ3v) is 8.70. The first-order chi connectivity index (χ1) is 22.8. The number of carboxylic acid groups (broad SMARTS) is 1. The molecule has 2 aliphatic rings. The lowest BCUT2D eigenvalue weighted by Crippen LogP contribution is -2.60. The van der Waals surface area contributed by atoms with Crippen LogP contribution >= 0.6 is 0 Å². The average molecular weight is 695 g/mol. The van der Waals surface area contributed by atoms with Gasteiger partial charge in [-0.05, 0) is 49.9 Å². The van der Waals surface area contributed by atoms with Gasteiger partial charge in [0.1, 0.15) is 36.8 Å². The molecule has 276 valence electrons. The Bertz CT molecular complexity index is 1260. The number of carbonyl (C=O) groups excluding carboxylic acids is 7. The Morgan fingerprint density at radius 3 is 1.88 bits per heavy atom. The van der Waals surface area contributed by atoms with Gasteiger partial charge in [0.15, 0.2) is 0 Å². The lowest BCUT2D eigenvalue weighted by atomic mass is 9.99. The SMILES string of the molecule is CC(C)C[C@H](NC(=O)[C@@H](N)C(C)C)C(=O)N1CCC[C@H]1C(=O)N1CCC[C@H]1C(=O)N[C@@H](CC(N)=O)C(=O)N[C@H](C(=O)NCC(=O)O)C(C)C. The van der Waals surface area contributed by atoms with Gasteiger partial charge in [-0.1, -0.05) is 41.5 Å². The van der Waals surface area contributed by atoms with Gasteiger partial charge < -0.3 is 47.6 Å². The maximum Gasteiger partial charge on any atom is 0.322 e. The van der Waals surface area contributed by atoms with Crippen molar-refractivity contribution in [3.63, 3.8) is 0 Å². The standard InChI is InChI=1S/C32H54N8O9/c1-16(2)13-20(37-29(46)25(34)17(3)4)31(48)40-12-8-10-22(40)32(49)39-11-7-9-21(39)28(45)36-19(14-23(33)41)27(44)38-26(18(5)6)30(47)35-15-24(42)43/h16-22,25-26H,7-15,34H2,1-6H3,(H2,33,41)(H,35,47)(H,36,45)(H,37,46)(H,38,44)(H,42,43)/t19-,20-,21-,22-,25-,26-/m0/s1. The molecule has 2 aliphatic heterocycles. The van der Waals surface area contributed by atoms with Gasteiger partial charge >= 0.3 is 5.97 Å². The Kier molecular flexibility index (Phi) is 15.4. The highest BCUT2D eigenvalue weighted by Crippen LogP contribution is 2.26. The van der Waals surface area contributed by atoms with Crippen LogP contribution in [0.25, 0.3) is 0 Å². The van der Waals surface area contributed by atoms with Crippen LogP contribution in [0.1, 0.15) is 80.1 Å². The second kappa shape index (κ2) is 18.5. The molecule has 0 aliphatic carbocycles. The molecule has 17 nitrogen and oxygen atoms in total. The summed E-state index contributed by atoms with van der Waals surface area (Å²) >= 11 is 0. The number of carboxylic acids is 1. The number of hydrogen-bond acceptors (Lipinski definition) is 9. The predicted octanol–water partition coefficient (Wildman–Crippen LogP) is -1.82. The van der Waals surface area contributed by atoms with E-state index in [4.69, 9.17) is 16.6 Å². The van der Waals surface area contributed by atoms with Gasteiger partial charge in [-0.2, -0.15) is 0 Å². The third-order valence-electron chi connectivity index (χ3n) is 8.70. The molecule has 2 heterocycles. The van der Waals surface area contributed by atoms with Crippen LogP contribution in [0.15, 0.2) is 0 Å². The van der Waals surface area contributed by atoms with E-state index in [-0.39, 0.29) is 24.8 Å². The maximum atomic E-state index is 13.9. The van der Waals surface area contributed by atoms with Crippen LogP contribution in [0.3, 0.4) is 0 Å². The van der Waals surface area contributed by atoms with Crippen molar-refractivity contribution < 1.29 is 43.5 Å². The molecule has 2 rings (SSSR count). The summed E-state index contributed by atoms with van der Waals surface area (Å²) in [7, 11) is 0. The van der Waals surface area contributed by atoms with E-state index in [1.807, 2.05) is 13.8 Å². The number of carbonyl (C=O) groups is 8. The number of amides is 7. The molecule has 0 aromatic carbocycles. The van der Waals surface area contributed by atoms with E-state index in [2.05, 4.69) is 21.3 Å². The number of nitrogens with two attached hydrogens (primary N) is 2. The Hall–Kier alpha value is -4.28. The van der Waals surface area contributed by atoms with E-state index < -0.39 is 102 Å². The molecule has 2 saturated heterocycles. The van der Waals surface area contributed by atoms with Gasteiger partial charge in [-0.25, -0.2) is 0 Å². The quantitative estimate of drug-likeness (QED) is 0.0897. The van der Waals surface area contributed by atoms with Crippen LogP contribution in [0.2, 0.25) is 0 Å². The molecule has 0 bridgehead atoms. The van der Waals surface area contributed by atoms with Crippen molar-refractivity contribution in [2.24, 2.45) is 29.2 Å². The fraction of sp³-hybridized carbons (Fsp3) is 0.750. The van der Waals surface area contributed by atoms with Crippen molar-refractivity contribution in [3.05, 3.63) is 0 Å². The smallest absolute Gasteiger partial charge is 0.322 e. The molecule has 17 heteroatoms. The van der Waals surface area contributed by atoms with Gasteiger partial charge in [0.25, 0.3) is 0 Å². The largest absolute Gasteiger partial charge is 0.480 e. The van der Waals surface area contributed by atoms with Crippen molar-refractivity contribution in [3.8, 4) is 0 Å². The van der Waals surface area contributed by atoms with Gasteiger partial charge in [0.05, 0.1) is 12.5 Å². The first-order valence-corrected chi connectivity index (χ1v) is 16.9. The molecule has 6 atom stereocenters. The summed E-state index contributed by atoms with van der Waals surface area (Å²) in [4.78, 5) is 105. The summed E-state index contributed by atoms with van der Waals surface area (Å²) < 4.78 is 0. The molecule has 0 saturated carbocycles. The molecule has 0 aromatic heterocycles. The van der Waals surface area contributed by atoms with E-state index in [9.17, 15) is 38.4 Å². The minimum Gasteiger partial charge on any atom is -0.480 e. The van der Waals surface area contributed by atoms with Crippen molar-refractivity contribution in [1.82, 2.24) is 31.1 Å². The predicted molar refractivity (Wildman–Crippen MR) is 177 cm³/mol. The van der Waals surface area contributed by atoms with Gasteiger partial charge in [0, 0.05) is 13.1 Å². The fourth-order valence-corrected chi connectivity index (χ4v) is 5.99. The van der Waals surface area contributed by atoms with Gasteiger partial charge in [-0.15, -0.1) is 0 Å². The third kappa shape index (κ3) is 11.7. The van der Waals surface area contributed by atoms with Crippen LogP contribution in [0, 0.1) is 17.8 Å². The lowest BCUT2D eigenvalue weighted by Gasteiger charge is -2.34. The van der Waals surface area contributed by atoms with Gasteiger partial charge in [-0.3, -0.25) is 38.4 Å². The van der Waals surface area contributed by atoms with Crippen LogP contribution in [0.4, 0.5) is 0 Å². The second-order valence-electron chi connectivity index (χ2n) is 13.9. The molecular formula is C32H54N8O9. The Labute approximate surface area is 287 Å². The summed E-state index contributed by atoms with van der Waals surface area (Å²) in [5.74, 6) is -6.45. The minimum absolute atomic E-state index is 0.0495. The zero-order valence-corrected chi connectivity index (χ0v) is 29.3. The lowest BCUT2D eigenvalue weighted by molar-refractivity contribution is -0.148. The number of nitrogens with zero attached hydrogens (tertiary/aromatic N) is 2. The zero-order chi connectivity index (χ0) is 37.2. The van der Waals surface area contributed by atoms with Crippen molar-refractivity contribution in [2.45, 2.75) is 116 Å². The zero-order valence-electron chi connectivity index (χ0n) is 29.3. The number of nitrogens with one attached hydrogen (secondary N) is 4. The van der Waals surface area contributed by atoms with E-state index in [0.29, 0.717) is 32.2 Å². The number of rotatable bonds is 17. The topological polar surface area (TPSA) is 263 Å². The Morgan fingerprint density at radius 1 is 0.755 bits per heavy atom. The molecule has 9 N–H and O–H groups in total. The summed E-state index contributed by atoms with van der Waals surface area (Å²) in [6, 6.07) is -6.25. The number of hydrogen-bond donors (Lipinski definition) is 7. The van der Waals surface area contributed by atoms with Crippen LogP contribution in [0.5, 0.6) is 0 Å². The summed E-state index contributed by atoms with van der Waals surface area (Å²) in [6.45, 7) is 10.5. The molecule has 0 radical (unpaired) electrons. The summed E-state index contributed by atoms with van der Waals surface area (Å²) in [5.41, 5.74) is 11.4. The van der Waals surface area contributed by atoms with Crippen molar-refractivity contribution in [1.29, 1.82) is 0 Å². The average Bonchev–Trinajstić information content (AvgIpc) is 3.70. The number of primary amides is 1. The highest BCUT2D eigenvalue weighted by molar-refractivity contribution is 5.98. The first-order valence-electron chi connectivity index (χ1n) is 16.9. The molecule has 0 unspecified atom stereocenters. The minimum atomic E-state index is -1.49. The highest BCUT2D eigenvalue weighted by Gasteiger charge is 2.44. The second-order valence-corrected chi connectivity index (χ2v) is 13.9. The monoisotopic (exact) mass is 694 g/mol. The van der Waals surface area contributed by atoms with Gasteiger partial charge in [0.2, 0.25) is 41.4 Å². The molecule has 2 fully saturated rings. The first kappa shape index (κ1) is 40.9. The fourth-order valence-electron chi connectivity index (χ4n) is 5.99. The summed E-state index contributed by atoms with van der Waals surface area (Å²) in [5, 5.41) is 18.8. The summed E-state index contributed by atoms with van der Waals surface area (Å²) in [6.07, 6.45) is 1.36. The highest BCUT2D eigenvalue weighted by atomic mass is 16.4. The maximum absolute atomic E-state index is 13.9. The Morgan fingerprint density at radius 2 is 1.35 bits per heavy atom. The van der Waals surface area contributed by atoms with Crippen LogP contribution in [-0.2, 0) is 38.4 Å². The Balaban J connectivity index is 2.22. The molecular weight excluding hydrogens is 640 g/mol. The van der Waals surface area contributed by atoms with Crippen LogP contribution in [-0.4, -0.2) is 118 Å². The van der Waals surface area contributed by atoms with Crippen molar-refractivity contribution >= 4 is 47.3 Å². The van der Waals surface area contributed by atoms with E-state index >= 15 is 0 Å². The van der Waals surface area contributed by atoms with E-state index in [1.165, 1.54) is 9.80 Å². The molecule has 49 heavy (non-hydrogen) atoms. The number of aliphatic carboxylic acids is 1. The van der Waals surface area contributed by atoms with Crippen molar-refractivity contribution in [2.75, 3.05) is 19.6 Å². The van der Waals surface area contributed by atoms with E-state index in [0.717, 1.165) is 0 Å². The van der Waals surface area contributed by atoms with E-state index in [1.54, 1.807) is 27.7 Å². The van der Waals surface area contributed by atoms with Crippen LogP contribution < -0.4 is 32.7 Å². The normalized spacial score (nSPS) is 20.0. The number of likely N-dealkylation sites (tertiary alicyclic amines) is 2. The molecule has 7 amide bonds.